The lowest BCUT2D eigenvalue weighted by molar-refractivity contribution is 0.00718. The van der Waals surface area contributed by atoms with E-state index >= 15 is 0 Å². The molecule has 2 atom stereocenters. The number of nitrogens with one attached hydrogen (secondary N) is 2. The first-order valence-corrected chi connectivity index (χ1v) is 8.35. The van der Waals surface area contributed by atoms with Crippen molar-refractivity contribution in [2.75, 3.05) is 32.8 Å². The van der Waals surface area contributed by atoms with Gasteiger partial charge < -0.3 is 15.4 Å². The summed E-state index contributed by atoms with van der Waals surface area (Å²) in [4.78, 5) is 18.8. The van der Waals surface area contributed by atoms with Crippen LogP contribution in [0.5, 0.6) is 0 Å². The summed E-state index contributed by atoms with van der Waals surface area (Å²) in [6.45, 7) is 10.3. The molecule has 1 aromatic rings. The van der Waals surface area contributed by atoms with Gasteiger partial charge in [-0.2, -0.15) is 0 Å². The van der Waals surface area contributed by atoms with E-state index in [9.17, 15) is 4.79 Å². The molecule has 0 bridgehead atoms. The third-order valence-electron chi connectivity index (χ3n) is 4.24. The van der Waals surface area contributed by atoms with Crippen LogP contribution in [0.3, 0.4) is 0 Å². The molecule has 2 amide bonds. The van der Waals surface area contributed by atoms with E-state index in [4.69, 9.17) is 4.74 Å². The SMILES string of the molecule is CC(C)[C@@H](CNC(=O)N[C@H](C)c1ccccn1)N1CCOCC1. The van der Waals surface area contributed by atoms with E-state index in [1.807, 2.05) is 25.1 Å². The largest absolute Gasteiger partial charge is 0.379 e. The van der Waals surface area contributed by atoms with Crippen molar-refractivity contribution in [3.8, 4) is 0 Å². The van der Waals surface area contributed by atoms with Gasteiger partial charge in [0, 0.05) is 31.9 Å². The summed E-state index contributed by atoms with van der Waals surface area (Å²) >= 11 is 0. The number of urea groups is 1. The first-order chi connectivity index (χ1) is 11.1. The minimum atomic E-state index is -0.151. The molecule has 1 aliphatic heterocycles. The van der Waals surface area contributed by atoms with Crippen molar-refractivity contribution >= 4 is 6.03 Å². The second-order valence-corrected chi connectivity index (χ2v) is 6.29. The van der Waals surface area contributed by atoms with Crippen molar-refractivity contribution in [1.29, 1.82) is 0 Å². The first-order valence-electron chi connectivity index (χ1n) is 8.35. The Morgan fingerprint density at radius 1 is 1.30 bits per heavy atom. The highest BCUT2D eigenvalue weighted by atomic mass is 16.5. The molecule has 6 heteroatoms. The van der Waals surface area contributed by atoms with E-state index in [0.717, 1.165) is 32.0 Å². The molecule has 128 valence electrons. The summed E-state index contributed by atoms with van der Waals surface area (Å²) in [5.41, 5.74) is 0.858. The Balaban J connectivity index is 1.81. The average Bonchev–Trinajstić information content (AvgIpc) is 2.56. The Hall–Kier alpha value is -1.66. The second kappa shape index (κ2) is 8.84. The summed E-state index contributed by atoms with van der Waals surface area (Å²) in [5.74, 6) is 0.474. The Bertz CT molecular complexity index is 475. The molecule has 6 nitrogen and oxygen atoms in total. The van der Waals surface area contributed by atoms with Gasteiger partial charge in [0.1, 0.15) is 0 Å². The highest BCUT2D eigenvalue weighted by molar-refractivity contribution is 5.74. The zero-order chi connectivity index (χ0) is 16.7. The maximum atomic E-state index is 12.1. The Labute approximate surface area is 138 Å². The number of ether oxygens (including phenoxy) is 1. The number of pyridine rings is 1. The molecule has 23 heavy (non-hydrogen) atoms. The number of nitrogens with zero attached hydrogens (tertiary/aromatic N) is 2. The molecule has 2 heterocycles. The van der Waals surface area contributed by atoms with Crippen LogP contribution in [0.2, 0.25) is 0 Å². The fourth-order valence-electron chi connectivity index (χ4n) is 2.85. The summed E-state index contributed by atoms with van der Waals surface area (Å²) in [6, 6.07) is 5.77. The van der Waals surface area contributed by atoms with Crippen molar-refractivity contribution in [3.63, 3.8) is 0 Å². The highest BCUT2D eigenvalue weighted by Crippen LogP contribution is 2.12. The molecule has 1 fully saturated rings. The number of morpholine rings is 1. The standard InChI is InChI=1S/C17H28N4O2/c1-13(2)16(21-8-10-23-11-9-21)12-19-17(22)20-14(3)15-6-4-5-7-18-15/h4-7,13-14,16H,8-12H2,1-3H3,(H2,19,20,22)/t14-,16-/m1/s1. The lowest BCUT2D eigenvalue weighted by Gasteiger charge is -2.37. The van der Waals surface area contributed by atoms with Gasteiger partial charge in [0.15, 0.2) is 0 Å². The lowest BCUT2D eigenvalue weighted by Crippen LogP contribution is -2.52. The van der Waals surface area contributed by atoms with E-state index in [2.05, 4.69) is 34.4 Å². The van der Waals surface area contributed by atoms with Crippen LogP contribution in [0.15, 0.2) is 24.4 Å². The van der Waals surface area contributed by atoms with Crippen molar-refractivity contribution in [2.45, 2.75) is 32.9 Å². The zero-order valence-electron chi connectivity index (χ0n) is 14.3. The Morgan fingerprint density at radius 3 is 2.65 bits per heavy atom. The molecule has 0 aliphatic carbocycles. The maximum absolute atomic E-state index is 12.1. The number of aromatic nitrogens is 1. The normalized spacial score (nSPS) is 18.4. The third-order valence-corrected chi connectivity index (χ3v) is 4.24. The van der Waals surface area contributed by atoms with Crippen LogP contribution in [0, 0.1) is 5.92 Å². The van der Waals surface area contributed by atoms with Crippen molar-refractivity contribution < 1.29 is 9.53 Å². The van der Waals surface area contributed by atoms with Gasteiger partial charge in [0.2, 0.25) is 0 Å². The van der Waals surface area contributed by atoms with Crippen LogP contribution >= 0.6 is 0 Å². The Morgan fingerprint density at radius 2 is 2.04 bits per heavy atom. The fraction of sp³-hybridized carbons (Fsp3) is 0.647. The molecular formula is C17H28N4O2. The van der Waals surface area contributed by atoms with Gasteiger partial charge in [0.25, 0.3) is 0 Å². The first kappa shape index (κ1) is 17.7. The van der Waals surface area contributed by atoms with Crippen molar-refractivity contribution in [3.05, 3.63) is 30.1 Å². The van der Waals surface area contributed by atoms with Crippen molar-refractivity contribution in [1.82, 2.24) is 20.5 Å². The topological polar surface area (TPSA) is 66.5 Å². The fourth-order valence-corrected chi connectivity index (χ4v) is 2.85. The molecule has 2 N–H and O–H groups in total. The minimum Gasteiger partial charge on any atom is -0.379 e. The summed E-state index contributed by atoms with van der Waals surface area (Å²) in [5, 5.41) is 5.94. The van der Waals surface area contributed by atoms with E-state index in [1.54, 1.807) is 6.20 Å². The Kier molecular flexibility index (Phi) is 6.80. The zero-order valence-corrected chi connectivity index (χ0v) is 14.3. The van der Waals surface area contributed by atoms with E-state index in [-0.39, 0.29) is 12.1 Å². The summed E-state index contributed by atoms with van der Waals surface area (Å²) in [7, 11) is 0. The van der Waals surface area contributed by atoms with Crippen molar-refractivity contribution in [2.24, 2.45) is 5.92 Å². The molecule has 0 spiro atoms. The van der Waals surface area contributed by atoms with Gasteiger partial charge >= 0.3 is 6.03 Å². The number of hydrogen-bond acceptors (Lipinski definition) is 4. The molecule has 0 aromatic carbocycles. The highest BCUT2D eigenvalue weighted by Gasteiger charge is 2.24. The third kappa shape index (κ3) is 5.48. The molecule has 1 aromatic heterocycles. The van der Waals surface area contributed by atoms with Gasteiger partial charge in [-0.25, -0.2) is 4.79 Å². The summed E-state index contributed by atoms with van der Waals surface area (Å²) < 4.78 is 5.41. The molecular weight excluding hydrogens is 292 g/mol. The molecule has 0 radical (unpaired) electrons. The number of carbonyl (C=O) groups is 1. The predicted octanol–water partition coefficient (Wildman–Crippen LogP) is 1.80. The lowest BCUT2D eigenvalue weighted by atomic mass is 10.0. The van der Waals surface area contributed by atoms with E-state index in [1.165, 1.54) is 0 Å². The van der Waals surface area contributed by atoms with Crippen LogP contribution in [-0.2, 0) is 4.74 Å². The van der Waals surface area contributed by atoms with E-state index < -0.39 is 0 Å². The van der Waals surface area contributed by atoms with Crippen LogP contribution in [0.25, 0.3) is 0 Å². The molecule has 0 unspecified atom stereocenters. The molecule has 1 saturated heterocycles. The molecule has 2 rings (SSSR count). The molecule has 1 aliphatic rings. The van der Waals surface area contributed by atoms with Crippen LogP contribution in [-0.4, -0.2) is 54.8 Å². The van der Waals surface area contributed by atoms with Gasteiger partial charge in [-0.1, -0.05) is 19.9 Å². The maximum Gasteiger partial charge on any atom is 0.315 e. The quantitative estimate of drug-likeness (QED) is 0.839. The summed E-state index contributed by atoms with van der Waals surface area (Å²) in [6.07, 6.45) is 1.73. The minimum absolute atomic E-state index is 0.114. The van der Waals surface area contributed by atoms with Gasteiger partial charge in [-0.05, 0) is 25.0 Å². The van der Waals surface area contributed by atoms with Gasteiger partial charge in [-0.15, -0.1) is 0 Å². The number of rotatable bonds is 6. The van der Waals surface area contributed by atoms with Gasteiger partial charge in [-0.3, -0.25) is 9.88 Å². The van der Waals surface area contributed by atoms with E-state index in [0.29, 0.717) is 18.5 Å². The van der Waals surface area contributed by atoms with Crippen LogP contribution < -0.4 is 10.6 Å². The predicted molar refractivity (Wildman–Crippen MR) is 90.2 cm³/mol. The monoisotopic (exact) mass is 320 g/mol. The number of amides is 2. The second-order valence-electron chi connectivity index (χ2n) is 6.29. The number of carbonyl (C=O) groups excluding carboxylic acids is 1. The number of hydrogen-bond donors (Lipinski definition) is 2. The smallest absolute Gasteiger partial charge is 0.315 e. The van der Waals surface area contributed by atoms with Gasteiger partial charge in [0.05, 0.1) is 24.9 Å². The van der Waals surface area contributed by atoms with Crippen LogP contribution in [0.4, 0.5) is 4.79 Å². The molecule has 0 saturated carbocycles. The van der Waals surface area contributed by atoms with Crippen LogP contribution in [0.1, 0.15) is 32.5 Å². The average molecular weight is 320 g/mol.